The molecule has 1 N–H and O–H groups in total. The van der Waals surface area contributed by atoms with Crippen molar-refractivity contribution in [1.82, 2.24) is 19.6 Å². The highest BCUT2D eigenvalue weighted by Crippen LogP contribution is 2.08. The van der Waals surface area contributed by atoms with Gasteiger partial charge in [-0.3, -0.25) is 9.36 Å². The van der Waals surface area contributed by atoms with Gasteiger partial charge in [-0.15, -0.1) is 0 Å². The number of nitrogens with zero attached hydrogens (tertiary/aromatic N) is 4. The van der Waals surface area contributed by atoms with Crippen LogP contribution < -0.4 is 5.56 Å². The fourth-order valence-corrected chi connectivity index (χ4v) is 1.26. The summed E-state index contributed by atoms with van der Waals surface area (Å²) in [6.07, 6.45) is 2.28. The van der Waals surface area contributed by atoms with Crippen LogP contribution in [0.2, 0.25) is 0 Å². The quantitative estimate of drug-likeness (QED) is 0.841. The van der Waals surface area contributed by atoms with E-state index >= 15 is 0 Å². The van der Waals surface area contributed by atoms with E-state index in [0.29, 0.717) is 10.3 Å². The second-order valence-corrected chi connectivity index (χ2v) is 3.19. The van der Waals surface area contributed by atoms with Gasteiger partial charge in [0.1, 0.15) is 5.69 Å². The van der Waals surface area contributed by atoms with Crippen molar-refractivity contribution in [3.8, 4) is 5.69 Å². The monoisotopic (exact) mass is 242 g/mol. The van der Waals surface area contributed by atoms with Gasteiger partial charge in [-0.25, -0.2) is 0 Å². The van der Waals surface area contributed by atoms with Crippen molar-refractivity contribution in [1.29, 1.82) is 0 Å². The van der Waals surface area contributed by atoms with Gasteiger partial charge in [0.15, 0.2) is 0 Å². The topological polar surface area (TPSA) is 72.9 Å². The molecule has 0 saturated carbocycles. The largest absolute Gasteiger partial charge is 0.390 e. The lowest BCUT2D eigenvalue weighted by Gasteiger charge is -2.04. The first-order valence-corrected chi connectivity index (χ1v) is 4.64. The van der Waals surface area contributed by atoms with Crippen LogP contribution >= 0.6 is 0 Å². The molecule has 0 bridgehead atoms. The molecule has 0 atom stereocenters. The number of alkyl halides is 2. The zero-order valence-corrected chi connectivity index (χ0v) is 8.49. The molecule has 0 aliphatic heterocycles. The van der Waals surface area contributed by atoms with E-state index in [1.807, 2.05) is 0 Å². The summed E-state index contributed by atoms with van der Waals surface area (Å²) < 4.78 is 24.9. The summed E-state index contributed by atoms with van der Waals surface area (Å²) in [7, 11) is 0. The van der Waals surface area contributed by atoms with Gasteiger partial charge < -0.3 is 5.11 Å². The maximum absolute atomic E-state index is 12.3. The maximum Gasteiger partial charge on any atom is 0.321 e. The highest BCUT2D eigenvalue weighted by molar-refractivity contribution is 5.26. The van der Waals surface area contributed by atoms with Gasteiger partial charge in [-0.1, -0.05) is 0 Å². The minimum Gasteiger partial charge on any atom is -0.390 e. The van der Waals surface area contributed by atoms with Gasteiger partial charge in [0, 0.05) is 12.3 Å². The van der Waals surface area contributed by atoms with Crippen LogP contribution in [0.3, 0.4) is 0 Å². The van der Waals surface area contributed by atoms with Gasteiger partial charge in [0.05, 0.1) is 18.5 Å². The van der Waals surface area contributed by atoms with Gasteiger partial charge in [0.25, 0.3) is 5.56 Å². The number of pyridine rings is 1. The number of hydrogen-bond acceptors (Lipinski definition) is 4. The maximum atomic E-state index is 12.3. The van der Waals surface area contributed by atoms with E-state index in [1.54, 1.807) is 0 Å². The molecule has 0 fully saturated rings. The first-order chi connectivity index (χ1) is 8.11. The van der Waals surface area contributed by atoms with E-state index in [0.717, 1.165) is 17.1 Å². The summed E-state index contributed by atoms with van der Waals surface area (Å²) in [6, 6.07) is 2.28. The lowest BCUT2D eigenvalue weighted by molar-refractivity contribution is 0.0663. The van der Waals surface area contributed by atoms with Crippen LogP contribution in [0.4, 0.5) is 8.78 Å². The van der Waals surface area contributed by atoms with Crippen LogP contribution in [0.5, 0.6) is 0 Å². The normalized spacial score (nSPS) is 11.1. The molecule has 0 aromatic carbocycles. The van der Waals surface area contributed by atoms with Crippen LogP contribution in [0.15, 0.2) is 29.3 Å². The average molecular weight is 242 g/mol. The van der Waals surface area contributed by atoms with Gasteiger partial charge in [-0.2, -0.15) is 23.8 Å². The second kappa shape index (κ2) is 4.42. The Hall–Kier alpha value is -2.09. The molecule has 90 valence electrons. The van der Waals surface area contributed by atoms with Crippen molar-refractivity contribution in [3.05, 3.63) is 40.6 Å². The fraction of sp³-hybridized carbons (Fsp3) is 0.222. The third-order valence-corrected chi connectivity index (χ3v) is 2.07. The average Bonchev–Trinajstić information content (AvgIpc) is 2.76. The molecular formula is C9H8F2N4O2. The molecule has 2 rings (SSSR count). The number of aromatic nitrogens is 4. The van der Waals surface area contributed by atoms with Crippen LogP contribution in [-0.4, -0.2) is 24.7 Å². The van der Waals surface area contributed by atoms with E-state index in [9.17, 15) is 13.6 Å². The van der Waals surface area contributed by atoms with Crippen LogP contribution in [0, 0.1) is 0 Å². The molecule has 8 heteroatoms. The molecule has 0 spiro atoms. The summed E-state index contributed by atoms with van der Waals surface area (Å²) in [6.45, 7) is -3.16. The standard InChI is InChI=1S/C9H8F2N4O2/c10-9(11)14-2-1-7(3-8(14)17)15-12-4-6(5-16)13-15/h1-4,9,16H,5H2. The third-order valence-electron chi connectivity index (χ3n) is 2.07. The number of hydrogen-bond donors (Lipinski definition) is 1. The van der Waals surface area contributed by atoms with Crippen molar-refractivity contribution in [3.63, 3.8) is 0 Å². The van der Waals surface area contributed by atoms with Crippen molar-refractivity contribution < 1.29 is 13.9 Å². The highest BCUT2D eigenvalue weighted by atomic mass is 19.3. The number of halogens is 2. The summed E-state index contributed by atoms with van der Waals surface area (Å²) in [4.78, 5) is 12.4. The Morgan fingerprint density at radius 1 is 1.47 bits per heavy atom. The van der Waals surface area contributed by atoms with E-state index in [2.05, 4.69) is 10.2 Å². The predicted molar refractivity (Wildman–Crippen MR) is 52.8 cm³/mol. The number of aliphatic hydroxyl groups is 1. The molecule has 0 amide bonds. The SMILES string of the molecule is O=c1cc(-n2ncc(CO)n2)ccn1C(F)F. The van der Waals surface area contributed by atoms with Gasteiger partial charge in [0.2, 0.25) is 0 Å². The molecule has 17 heavy (non-hydrogen) atoms. The van der Waals surface area contributed by atoms with Crippen LogP contribution in [0.1, 0.15) is 12.2 Å². The Labute approximate surface area is 93.7 Å². The molecule has 0 aliphatic rings. The third kappa shape index (κ3) is 2.21. The zero-order chi connectivity index (χ0) is 12.4. The Bertz CT molecular complexity index is 578. The van der Waals surface area contributed by atoms with Crippen molar-refractivity contribution in [2.24, 2.45) is 0 Å². The van der Waals surface area contributed by atoms with Crippen LogP contribution in [0.25, 0.3) is 5.69 Å². The number of aliphatic hydroxyl groups excluding tert-OH is 1. The molecule has 0 unspecified atom stereocenters. The molecule has 0 aliphatic carbocycles. The lowest BCUT2D eigenvalue weighted by atomic mass is 10.4. The molecule has 2 aromatic rings. The lowest BCUT2D eigenvalue weighted by Crippen LogP contribution is -2.20. The van der Waals surface area contributed by atoms with Gasteiger partial charge >= 0.3 is 6.55 Å². The molecular weight excluding hydrogens is 234 g/mol. The summed E-state index contributed by atoms with van der Waals surface area (Å²) >= 11 is 0. The van der Waals surface area contributed by atoms with E-state index in [1.165, 1.54) is 12.3 Å². The number of rotatable bonds is 3. The van der Waals surface area contributed by atoms with Crippen molar-refractivity contribution in [2.45, 2.75) is 13.2 Å². The minimum atomic E-state index is -2.88. The molecule has 0 saturated heterocycles. The van der Waals surface area contributed by atoms with Gasteiger partial charge in [-0.05, 0) is 6.07 Å². The molecule has 2 aromatic heterocycles. The fourth-order valence-electron chi connectivity index (χ4n) is 1.26. The summed E-state index contributed by atoms with van der Waals surface area (Å²) in [5.74, 6) is 0. The Balaban J connectivity index is 2.41. The second-order valence-electron chi connectivity index (χ2n) is 3.19. The Morgan fingerprint density at radius 3 is 2.76 bits per heavy atom. The smallest absolute Gasteiger partial charge is 0.321 e. The van der Waals surface area contributed by atoms with Crippen molar-refractivity contribution >= 4 is 0 Å². The molecule has 6 nitrogen and oxygen atoms in total. The molecule has 0 radical (unpaired) electrons. The van der Waals surface area contributed by atoms with Crippen LogP contribution in [-0.2, 0) is 6.61 Å². The molecule has 2 heterocycles. The van der Waals surface area contributed by atoms with E-state index in [4.69, 9.17) is 5.11 Å². The first kappa shape index (κ1) is 11.4. The summed E-state index contributed by atoms with van der Waals surface area (Å²) in [5, 5.41) is 16.4. The van der Waals surface area contributed by atoms with E-state index in [-0.39, 0.29) is 12.3 Å². The Kier molecular flexibility index (Phi) is 2.96. The summed E-state index contributed by atoms with van der Waals surface area (Å²) in [5.41, 5.74) is -0.269. The zero-order valence-electron chi connectivity index (χ0n) is 8.49. The first-order valence-electron chi connectivity index (χ1n) is 4.64. The predicted octanol–water partition coefficient (Wildman–Crippen LogP) is 0.316. The minimum absolute atomic E-state index is 0.256. The Morgan fingerprint density at radius 2 is 2.24 bits per heavy atom. The van der Waals surface area contributed by atoms with E-state index < -0.39 is 12.1 Å². The van der Waals surface area contributed by atoms with Crippen molar-refractivity contribution in [2.75, 3.05) is 0 Å². The highest BCUT2D eigenvalue weighted by Gasteiger charge is 2.09.